The van der Waals surface area contributed by atoms with E-state index in [4.69, 9.17) is 5.73 Å². The second-order valence-corrected chi connectivity index (χ2v) is 6.97. The van der Waals surface area contributed by atoms with Crippen LogP contribution < -0.4 is 11.1 Å². The molecule has 3 rings (SSSR count). The Morgan fingerprint density at radius 2 is 2.35 bits per heavy atom. The highest BCUT2D eigenvalue weighted by molar-refractivity contribution is 9.10. The summed E-state index contributed by atoms with van der Waals surface area (Å²) in [6, 6.07) is 0.502. The maximum Gasteiger partial charge on any atom is 0.238 e. The van der Waals surface area contributed by atoms with Crippen LogP contribution in [0.2, 0.25) is 0 Å². The van der Waals surface area contributed by atoms with Gasteiger partial charge in [0.2, 0.25) is 5.91 Å². The number of hydrogen-bond donors (Lipinski definition) is 2. The number of primary amides is 1. The van der Waals surface area contributed by atoms with Crippen molar-refractivity contribution in [2.45, 2.75) is 56.7 Å². The zero-order chi connectivity index (χ0) is 14.2. The van der Waals surface area contributed by atoms with E-state index < -0.39 is 5.54 Å². The molecule has 2 saturated carbocycles. The molecule has 2 aliphatic rings. The molecule has 1 amide bonds. The van der Waals surface area contributed by atoms with Gasteiger partial charge in [-0.2, -0.15) is 5.10 Å². The van der Waals surface area contributed by atoms with Gasteiger partial charge in [0.15, 0.2) is 0 Å². The molecule has 2 aliphatic carbocycles. The summed E-state index contributed by atoms with van der Waals surface area (Å²) in [5, 5.41) is 7.82. The molecule has 20 heavy (non-hydrogen) atoms. The molecule has 6 heteroatoms. The predicted octanol–water partition coefficient (Wildman–Crippen LogP) is 1.81. The van der Waals surface area contributed by atoms with Crippen molar-refractivity contribution in [3.8, 4) is 0 Å². The molecule has 3 N–H and O–H groups in total. The van der Waals surface area contributed by atoms with Crippen molar-refractivity contribution in [3.63, 3.8) is 0 Å². The van der Waals surface area contributed by atoms with Gasteiger partial charge in [-0.05, 0) is 54.0 Å². The lowest BCUT2D eigenvalue weighted by molar-refractivity contribution is -0.126. The molecule has 1 aromatic rings. The van der Waals surface area contributed by atoms with Crippen LogP contribution in [-0.2, 0) is 11.3 Å². The van der Waals surface area contributed by atoms with Crippen LogP contribution in [0.3, 0.4) is 0 Å². The first kappa shape index (κ1) is 14.1. The summed E-state index contributed by atoms with van der Waals surface area (Å²) in [5.74, 6) is 0.150. The van der Waals surface area contributed by atoms with Crippen LogP contribution >= 0.6 is 15.9 Å². The third kappa shape index (κ3) is 2.76. The van der Waals surface area contributed by atoms with E-state index in [1.54, 1.807) is 6.20 Å². The van der Waals surface area contributed by atoms with E-state index in [1.807, 2.05) is 10.9 Å². The Labute approximate surface area is 127 Å². The van der Waals surface area contributed by atoms with Crippen molar-refractivity contribution >= 4 is 21.8 Å². The van der Waals surface area contributed by atoms with E-state index in [2.05, 4.69) is 26.3 Å². The Bertz CT molecular complexity index is 499. The number of aryl methyl sites for hydroxylation is 1. The van der Waals surface area contributed by atoms with Gasteiger partial charge in [-0.3, -0.25) is 9.48 Å². The number of amides is 1. The number of hydrogen-bond acceptors (Lipinski definition) is 3. The fourth-order valence-electron chi connectivity index (χ4n) is 3.39. The van der Waals surface area contributed by atoms with E-state index in [-0.39, 0.29) is 5.91 Å². The van der Waals surface area contributed by atoms with Crippen molar-refractivity contribution in [2.75, 3.05) is 0 Å². The van der Waals surface area contributed by atoms with E-state index >= 15 is 0 Å². The summed E-state index contributed by atoms with van der Waals surface area (Å²) >= 11 is 3.40. The Hall–Kier alpha value is -0.880. The predicted molar refractivity (Wildman–Crippen MR) is 80.0 cm³/mol. The van der Waals surface area contributed by atoms with Crippen LogP contribution in [0.5, 0.6) is 0 Å². The van der Waals surface area contributed by atoms with Crippen LogP contribution in [0.1, 0.15) is 38.5 Å². The van der Waals surface area contributed by atoms with E-state index in [9.17, 15) is 4.79 Å². The largest absolute Gasteiger partial charge is 0.368 e. The normalized spacial score (nSPS) is 29.8. The zero-order valence-electron chi connectivity index (χ0n) is 11.5. The molecule has 110 valence electrons. The quantitative estimate of drug-likeness (QED) is 0.829. The highest BCUT2D eigenvalue weighted by Crippen LogP contribution is 2.40. The first-order chi connectivity index (χ1) is 9.60. The number of rotatable bonds is 6. The third-order valence-electron chi connectivity index (χ3n) is 4.61. The SMILES string of the molecule is NC(=O)C1(NC2CC2)CCCC1CCn1cc(Br)cn1. The second-order valence-electron chi connectivity index (χ2n) is 6.05. The molecule has 0 bridgehead atoms. The molecular formula is C14H21BrN4O. The number of carbonyl (C=O) groups is 1. The Kier molecular flexibility index (Phi) is 3.86. The first-order valence-corrected chi connectivity index (χ1v) is 8.15. The molecule has 2 atom stereocenters. The smallest absolute Gasteiger partial charge is 0.238 e. The van der Waals surface area contributed by atoms with Gasteiger partial charge in [0, 0.05) is 18.8 Å². The number of aromatic nitrogens is 2. The minimum atomic E-state index is -0.481. The Morgan fingerprint density at radius 3 is 2.95 bits per heavy atom. The van der Waals surface area contributed by atoms with E-state index in [0.29, 0.717) is 12.0 Å². The van der Waals surface area contributed by atoms with Crippen molar-refractivity contribution in [3.05, 3.63) is 16.9 Å². The summed E-state index contributed by atoms with van der Waals surface area (Å²) in [6.07, 6.45) is 10.1. The molecular weight excluding hydrogens is 320 g/mol. The molecule has 1 aromatic heterocycles. The summed E-state index contributed by atoms with van der Waals surface area (Å²) in [7, 11) is 0. The Morgan fingerprint density at radius 1 is 1.55 bits per heavy atom. The fourth-order valence-corrected chi connectivity index (χ4v) is 3.72. The summed E-state index contributed by atoms with van der Waals surface area (Å²) in [4.78, 5) is 12.0. The minimum Gasteiger partial charge on any atom is -0.368 e. The van der Waals surface area contributed by atoms with Crippen LogP contribution in [0, 0.1) is 5.92 Å². The van der Waals surface area contributed by atoms with Gasteiger partial charge in [-0.25, -0.2) is 0 Å². The number of halogens is 1. The van der Waals surface area contributed by atoms with Gasteiger partial charge in [0.25, 0.3) is 0 Å². The topological polar surface area (TPSA) is 72.9 Å². The molecule has 2 fully saturated rings. The second kappa shape index (κ2) is 5.48. The van der Waals surface area contributed by atoms with E-state index in [0.717, 1.165) is 36.7 Å². The lowest BCUT2D eigenvalue weighted by Gasteiger charge is -2.34. The maximum atomic E-state index is 12.0. The monoisotopic (exact) mass is 340 g/mol. The zero-order valence-corrected chi connectivity index (χ0v) is 13.1. The average Bonchev–Trinajstić information content (AvgIpc) is 2.95. The van der Waals surface area contributed by atoms with Crippen molar-refractivity contribution in [1.82, 2.24) is 15.1 Å². The maximum absolute atomic E-state index is 12.0. The molecule has 0 aliphatic heterocycles. The molecule has 0 saturated heterocycles. The van der Waals surface area contributed by atoms with Crippen LogP contribution in [0.25, 0.3) is 0 Å². The van der Waals surface area contributed by atoms with Gasteiger partial charge in [-0.15, -0.1) is 0 Å². The minimum absolute atomic E-state index is 0.173. The van der Waals surface area contributed by atoms with Gasteiger partial charge in [0.1, 0.15) is 5.54 Å². The van der Waals surface area contributed by atoms with Gasteiger partial charge in [-0.1, -0.05) is 6.42 Å². The van der Waals surface area contributed by atoms with Crippen LogP contribution in [-0.4, -0.2) is 27.3 Å². The number of nitrogens with zero attached hydrogens (tertiary/aromatic N) is 2. The van der Waals surface area contributed by atoms with Crippen LogP contribution in [0.4, 0.5) is 0 Å². The molecule has 0 spiro atoms. The van der Waals surface area contributed by atoms with E-state index in [1.165, 1.54) is 12.8 Å². The average molecular weight is 341 g/mol. The van der Waals surface area contributed by atoms with Gasteiger partial charge >= 0.3 is 0 Å². The number of nitrogens with two attached hydrogens (primary N) is 1. The summed E-state index contributed by atoms with van der Waals surface area (Å²) < 4.78 is 2.91. The van der Waals surface area contributed by atoms with Crippen molar-refractivity contribution in [1.29, 1.82) is 0 Å². The number of carbonyl (C=O) groups excluding carboxylic acids is 1. The lowest BCUT2D eigenvalue weighted by atomic mass is 9.83. The first-order valence-electron chi connectivity index (χ1n) is 7.36. The number of nitrogens with one attached hydrogen (secondary N) is 1. The third-order valence-corrected chi connectivity index (χ3v) is 5.02. The van der Waals surface area contributed by atoms with Gasteiger partial charge in [0.05, 0.1) is 10.7 Å². The molecule has 0 aromatic carbocycles. The molecule has 0 radical (unpaired) electrons. The standard InChI is InChI=1S/C14H21BrN4O/c15-11-8-17-19(9-11)7-5-10-2-1-6-14(10,13(16)20)18-12-3-4-12/h8-10,12,18H,1-7H2,(H2,16,20). The summed E-state index contributed by atoms with van der Waals surface area (Å²) in [6.45, 7) is 0.831. The summed E-state index contributed by atoms with van der Waals surface area (Å²) in [5.41, 5.74) is 5.26. The molecule has 5 nitrogen and oxygen atoms in total. The molecule has 1 heterocycles. The van der Waals surface area contributed by atoms with Crippen molar-refractivity contribution < 1.29 is 4.79 Å². The fraction of sp³-hybridized carbons (Fsp3) is 0.714. The molecule has 2 unspecified atom stereocenters. The highest BCUT2D eigenvalue weighted by atomic mass is 79.9. The van der Waals surface area contributed by atoms with Gasteiger partial charge < -0.3 is 11.1 Å². The van der Waals surface area contributed by atoms with Crippen LogP contribution in [0.15, 0.2) is 16.9 Å². The van der Waals surface area contributed by atoms with Crippen molar-refractivity contribution in [2.24, 2.45) is 11.7 Å². The highest BCUT2D eigenvalue weighted by Gasteiger charge is 2.49. The Balaban J connectivity index is 1.67. The lowest BCUT2D eigenvalue weighted by Crippen LogP contribution is -2.58.